The van der Waals surface area contributed by atoms with Crippen LogP contribution >= 0.6 is 0 Å². The Morgan fingerprint density at radius 2 is 1.84 bits per heavy atom. The highest BCUT2D eigenvalue weighted by Crippen LogP contribution is 2.23. The monoisotopic (exact) mass is 339 g/mol. The molecule has 6 nitrogen and oxygen atoms in total. The normalized spacial score (nSPS) is 16.8. The van der Waals surface area contributed by atoms with E-state index in [0.717, 1.165) is 16.9 Å². The zero-order chi connectivity index (χ0) is 17.8. The van der Waals surface area contributed by atoms with Crippen LogP contribution in [0.4, 0.5) is 5.69 Å². The summed E-state index contributed by atoms with van der Waals surface area (Å²) in [6, 6.07) is 14.5. The first-order valence-corrected chi connectivity index (χ1v) is 8.11. The van der Waals surface area contributed by atoms with Crippen LogP contribution in [0, 0.1) is 0 Å². The fraction of sp³-hybridized carbons (Fsp3) is 0.263. The minimum atomic E-state index is -0.475. The summed E-state index contributed by atoms with van der Waals surface area (Å²) in [7, 11) is 1.59. The van der Waals surface area contributed by atoms with E-state index in [9.17, 15) is 9.59 Å². The van der Waals surface area contributed by atoms with Gasteiger partial charge in [0.1, 0.15) is 5.75 Å². The number of nitrogens with zero attached hydrogens (tertiary/aromatic N) is 1. The van der Waals surface area contributed by atoms with E-state index in [-0.39, 0.29) is 12.5 Å². The molecular formula is C19H21N3O3. The Kier molecular flexibility index (Phi) is 5.00. The molecule has 6 heteroatoms. The zero-order valence-corrected chi connectivity index (χ0v) is 14.1. The van der Waals surface area contributed by atoms with Gasteiger partial charge >= 0.3 is 0 Å². The Morgan fingerprint density at radius 1 is 1.16 bits per heavy atom. The number of hydrogen-bond donors (Lipinski definition) is 2. The molecule has 25 heavy (non-hydrogen) atoms. The molecule has 0 radical (unpaired) electrons. The van der Waals surface area contributed by atoms with Gasteiger partial charge in [0.25, 0.3) is 0 Å². The van der Waals surface area contributed by atoms with Crippen LogP contribution in [0.15, 0.2) is 48.5 Å². The highest BCUT2D eigenvalue weighted by atomic mass is 16.5. The van der Waals surface area contributed by atoms with E-state index in [1.54, 1.807) is 31.4 Å². The van der Waals surface area contributed by atoms with Crippen molar-refractivity contribution in [3.63, 3.8) is 0 Å². The summed E-state index contributed by atoms with van der Waals surface area (Å²) >= 11 is 0. The zero-order valence-electron chi connectivity index (χ0n) is 14.1. The Hall–Kier alpha value is -2.86. The first-order valence-electron chi connectivity index (χ1n) is 8.11. The number of carbonyl (C=O) groups excluding carboxylic acids is 2. The van der Waals surface area contributed by atoms with Gasteiger partial charge in [0, 0.05) is 12.2 Å². The van der Waals surface area contributed by atoms with Gasteiger partial charge in [-0.1, -0.05) is 24.3 Å². The van der Waals surface area contributed by atoms with E-state index in [1.807, 2.05) is 29.2 Å². The van der Waals surface area contributed by atoms with Crippen molar-refractivity contribution < 1.29 is 14.3 Å². The number of hydrogen-bond acceptors (Lipinski definition) is 4. The fourth-order valence-corrected chi connectivity index (χ4v) is 3.08. The molecule has 0 saturated carbocycles. The highest BCUT2D eigenvalue weighted by molar-refractivity contribution is 5.93. The number of methoxy groups -OCH3 is 1. The van der Waals surface area contributed by atoms with E-state index >= 15 is 0 Å². The van der Waals surface area contributed by atoms with Gasteiger partial charge in [0.05, 0.1) is 19.7 Å². The summed E-state index contributed by atoms with van der Waals surface area (Å²) in [6.07, 6.45) is 0.529. The number of benzene rings is 2. The summed E-state index contributed by atoms with van der Waals surface area (Å²) in [4.78, 5) is 26.0. The van der Waals surface area contributed by atoms with Crippen LogP contribution in [-0.4, -0.2) is 36.4 Å². The van der Waals surface area contributed by atoms with E-state index in [4.69, 9.17) is 10.5 Å². The molecule has 1 aliphatic rings. The second kappa shape index (κ2) is 7.36. The van der Waals surface area contributed by atoms with Gasteiger partial charge in [0.15, 0.2) is 0 Å². The van der Waals surface area contributed by atoms with Crippen molar-refractivity contribution in [3.8, 4) is 5.75 Å². The van der Waals surface area contributed by atoms with Crippen molar-refractivity contribution in [3.05, 3.63) is 59.7 Å². The minimum Gasteiger partial charge on any atom is -0.497 e. The van der Waals surface area contributed by atoms with Gasteiger partial charge in [-0.25, -0.2) is 0 Å². The summed E-state index contributed by atoms with van der Waals surface area (Å²) in [5.74, 6) is 0.127. The van der Waals surface area contributed by atoms with Crippen LogP contribution in [-0.2, 0) is 22.6 Å². The molecule has 2 amide bonds. The van der Waals surface area contributed by atoms with Gasteiger partial charge in [0.2, 0.25) is 11.8 Å². The van der Waals surface area contributed by atoms with E-state index < -0.39 is 11.9 Å². The quantitative estimate of drug-likeness (QED) is 0.865. The molecule has 0 aliphatic carbocycles. The summed E-state index contributed by atoms with van der Waals surface area (Å²) in [5, 5.41) is 2.84. The van der Waals surface area contributed by atoms with Crippen LogP contribution in [0.25, 0.3) is 0 Å². The maximum Gasteiger partial charge on any atom is 0.238 e. The molecular weight excluding hydrogens is 318 g/mol. The predicted molar refractivity (Wildman–Crippen MR) is 95.2 cm³/mol. The Morgan fingerprint density at radius 3 is 2.48 bits per heavy atom. The molecule has 130 valence electrons. The smallest absolute Gasteiger partial charge is 0.238 e. The van der Waals surface area contributed by atoms with Gasteiger partial charge in [-0.3, -0.25) is 14.5 Å². The molecule has 2 aromatic carbocycles. The topological polar surface area (TPSA) is 84.7 Å². The standard InChI is InChI=1S/C19H21N3O3/c1-25-16-8-6-15(7-9-16)21-18(23)12-22-11-14-5-3-2-4-13(14)10-17(22)19(20)24/h2-9,17H,10-12H2,1H3,(H2,20,24)(H,21,23). The fourth-order valence-electron chi connectivity index (χ4n) is 3.08. The van der Waals surface area contributed by atoms with Gasteiger partial charge in [-0.15, -0.1) is 0 Å². The Balaban J connectivity index is 1.69. The molecule has 0 fully saturated rings. The number of rotatable bonds is 5. The molecule has 1 aliphatic heterocycles. The van der Waals surface area contributed by atoms with Crippen molar-refractivity contribution in [1.29, 1.82) is 0 Å². The van der Waals surface area contributed by atoms with E-state index in [0.29, 0.717) is 18.7 Å². The van der Waals surface area contributed by atoms with E-state index in [1.165, 1.54) is 0 Å². The molecule has 3 rings (SSSR count). The lowest BCUT2D eigenvalue weighted by Crippen LogP contribution is -2.50. The first kappa shape index (κ1) is 17.0. The van der Waals surface area contributed by atoms with Crippen LogP contribution in [0.5, 0.6) is 5.75 Å². The van der Waals surface area contributed by atoms with Gasteiger partial charge in [-0.05, 0) is 41.8 Å². The van der Waals surface area contributed by atoms with Crippen molar-refractivity contribution in [2.45, 2.75) is 19.0 Å². The van der Waals surface area contributed by atoms with Gasteiger partial charge in [-0.2, -0.15) is 0 Å². The number of anilines is 1. The second-order valence-electron chi connectivity index (χ2n) is 6.07. The molecule has 1 unspecified atom stereocenters. The van der Waals surface area contributed by atoms with Crippen molar-refractivity contribution >= 4 is 17.5 Å². The largest absolute Gasteiger partial charge is 0.497 e. The third kappa shape index (κ3) is 3.97. The number of primary amides is 1. The first-order chi connectivity index (χ1) is 12.1. The SMILES string of the molecule is COc1ccc(NC(=O)CN2Cc3ccccc3CC2C(N)=O)cc1. The molecule has 0 spiro atoms. The lowest BCUT2D eigenvalue weighted by Gasteiger charge is -2.34. The molecule has 0 bridgehead atoms. The number of nitrogens with one attached hydrogen (secondary N) is 1. The number of ether oxygens (including phenoxy) is 1. The summed E-state index contributed by atoms with van der Waals surface area (Å²) < 4.78 is 5.10. The van der Waals surface area contributed by atoms with Crippen molar-refractivity contribution in [1.82, 2.24) is 4.90 Å². The van der Waals surface area contributed by atoms with Crippen LogP contribution in [0.3, 0.4) is 0 Å². The average Bonchev–Trinajstić information content (AvgIpc) is 2.61. The Bertz CT molecular complexity index is 774. The molecule has 0 saturated heterocycles. The van der Waals surface area contributed by atoms with Crippen LogP contribution in [0.1, 0.15) is 11.1 Å². The Labute approximate surface area is 146 Å². The van der Waals surface area contributed by atoms with Crippen LogP contribution < -0.4 is 15.8 Å². The van der Waals surface area contributed by atoms with Crippen molar-refractivity contribution in [2.24, 2.45) is 5.73 Å². The maximum absolute atomic E-state index is 12.4. The minimum absolute atomic E-state index is 0.105. The van der Waals surface area contributed by atoms with E-state index in [2.05, 4.69) is 5.32 Å². The third-order valence-electron chi connectivity index (χ3n) is 4.39. The van der Waals surface area contributed by atoms with Crippen molar-refractivity contribution in [2.75, 3.05) is 19.0 Å². The lowest BCUT2D eigenvalue weighted by atomic mass is 9.93. The summed E-state index contributed by atoms with van der Waals surface area (Å²) in [5.41, 5.74) is 8.46. The molecule has 1 heterocycles. The molecule has 2 aromatic rings. The van der Waals surface area contributed by atoms with Crippen LogP contribution in [0.2, 0.25) is 0 Å². The third-order valence-corrected chi connectivity index (χ3v) is 4.39. The highest BCUT2D eigenvalue weighted by Gasteiger charge is 2.31. The molecule has 3 N–H and O–H groups in total. The number of carbonyl (C=O) groups is 2. The maximum atomic E-state index is 12.4. The lowest BCUT2D eigenvalue weighted by molar-refractivity contribution is -0.125. The predicted octanol–water partition coefficient (Wildman–Crippen LogP) is 1.55. The van der Waals surface area contributed by atoms with Gasteiger partial charge < -0.3 is 15.8 Å². The average molecular weight is 339 g/mol. The summed E-state index contributed by atoms with van der Waals surface area (Å²) in [6.45, 7) is 0.633. The number of nitrogens with two attached hydrogens (primary N) is 1. The molecule has 0 aromatic heterocycles. The number of amides is 2. The molecule has 1 atom stereocenters. The second-order valence-corrected chi connectivity index (χ2v) is 6.07. The number of fused-ring (bicyclic) bond motifs is 1.